The number of ether oxygens (including phenoxy) is 3. The van der Waals surface area contributed by atoms with Crippen LogP contribution in [0.3, 0.4) is 0 Å². The number of hydrogen-bond acceptors (Lipinski definition) is 7. The quantitative estimate of drug-likeness (QED) is 0.106. The van der Waals surface area contributed by atoms with Crippen LogP contribution in [-0.2, 0) is 0 Å². The van der Waals surface area contributed by atoms with E-state index in [1.165, 1.54) is 72.6 Å². The number of anilines is 1. The highest BCUT2D eigenvalue weighted by atomic mass is 35.5. The predicted octanol–water partition coefficient (Wildman–Crippen LogP) is 6.89. The lowest BCUT2D eigenvalue weighted by molar-refractivity contribution is 0.102. The normalized spacial score (nSPS) is 11.2. The number of nitrogens with one attached hydrogen (secondary N) is 3. The van der Waals surface area contributed by atoms with E-state index >= 15 is 4.39 Å². The second-order valence-corrected chi connectivity index (χ2v) is 9.92. The fraction of sp³-hybridized carbons (Fsp3) is 0.0909. The Bertz CT molecular complexity index is 2010. The Morgan fingerprint density at radius 1 is 1.09 bits per heavy atom. The fourth-order valence-electron chi connectivity index (χ4n) is 4.56. The minimum absolute atomic E-state index is 0.0267. The number of halogens is 3. The van der Waals surface area contributed by atoms with E-state index in [0.717, 1.165) is 12.3 Å². The van der Waals surface area contributed by atoms with Gasteiger partial charge in [0, 0.05) is 59.3 Å². The second kappa shape index (κ2) is 13.9. The van der Waals surface area contributed by atoms with E-state index in [-0.39, 0.29) is 35.1 Å². The minimum Gasteiger partial charge on any atom is -0.493 e. The van der Waals surface area contributed by atoms with Crippen LogP contribution in [-0.4, -0.2) is 40.4 Å². The summed E-state index contributed by atoms with van der Waals surface area (Å²) in [5, 5.41) is 10.5. The second-order valence-electron chi connectivity index (χ2n) is 9.51. The van der Waals surface area contributed by atoms with Crippen LogP contribution < -0.4 is 25.1 Å². The van der Waals surface area contributed by atoms with Gasteiger partial charge in [0.2, 0.25) is 5.88 Å². The number of amides is 1. The molecule has 0 atom stereocenters. The summed E-state index contributed by atoms with van der Waals surface area (Å²) < 4.78 is 46.6. The van der Waals surface area contributed by atoms with Gasteiger partial charge >= 0.3 is 0 Å². The zero-order chi connectivity index (χ0) is 32.8. The van der Waals surface area contributed by atoms with Gasteiger partial charge < -0.3 is 29.9 Å². The van der Waals surface area contributed by atoms with Crippen LogP contribution in [0.25, 0.3) is 22.6 Å². The molecule has 46 heavy (non-hydrogen) atoms. The third-order valence-electron chi connectivity index (χ3n) is 6.65. The molecule has 5 rings (SSSR count). The zero-order valence-electron chi connectivity index (χ0n) is 24.4. The average molecular weight is 646 g/mol. The molecule has 3 N–H and O–H groups in total. The standard InChI is InChI=1S/C33H26ClF2N5O5/c1-3-45-27-12-15-41(21-7-4-19(35)5-8-21)33(43)30(27)32(42)40-20-6-9-26(25(36)16-20)46-28(10-13-37)31-22(11-14-38-31)23-17-29(44-2)39-18-24(23)34/h4-18,37-38H,3H2,1-2H3,(H,40,42)/b28-10+,37-13?. The number of methoxy groups -OCH3 is 1. The first kappa shape index (κ1) is 31.7. The number of pyridine rings is 2. The van der Waals surface area contributed by atoms with E-state index in [2.05, 4.69) is 15.3 Å². The van der Waals surface area contributed by atoms with E-state index in [1.807, 2.05) is 0 Å². The van der Waals surface area contributed by atoms with E-state index < -0.39 is 23.1 Å². The van der Waals surface area contributed by atoms with Crippen molar-refractivity contribution in [2.75, 3.05) is 19.0 Å². The van der Waals surface area contributed by atoms with Gasteiger partial charge in [-0.05, 0) is 55.5 Å². The molecule has 0 spiro atoms. The highest BCUT2D eigenvalue weighted by Crippen LogP contribution is 2.36. The van der Waals surface area contributed by atoms with Crippen LogP contribution in [0.1, 0.15) is 23.0 Å². The predicted molar refractivity (Wildman–Crippen MR) is 170 cm³/mol. The van der Waals surface area contributed by atoms with E-state index in [1.54, 1.807) is 25.3 Å². The molecule has 0 bridgehead atoms. The van der Waals surface area contributed by atoms with Gasteiger partial charge in [-0.2, -0.15) is 0 Å². The van der Waals surface area contributed by atoms with Crippen molar-refractivity contribution in [1.82, 2.24) is 14.5 Å². The summed E-state index contributed by atoms with van der Waals surface area (Å²) in [7, 11) is 1.47. The van der Waals surface area contributed by atoms with Crippen molar-refractivity contribution < 1.29 is 27.8 Å². The number of carbonyl (C=O) groups is 1. The molecule has 3 aromatic heterocycles. The van der Waals surface area contributed by atoms with Crippen molar-refractivity contribution >= 4 is 35.2 Å². The van der Waals surface area contributed by atoms with Crippen molar-refractivity contribution in [3.05, 3.63) is 124 Å². The van der Waals surface area contributed by atoms with E-state index in [0.29, 0.717) is 33.4 Å². The maximum Gasteiger partial charge on any atom is 0.271 e. The molecular formula is C33H26ClF2N5O5. The first-order valence-electron chi connectivity index (χ1n) is 13.8. The molecule has 0 radical (unpaired) electrons. The minimum atomic E-state index is -0.844. The van der Waals surface area contributed by atoms with Gasteiger partial charge in [0.05, 0.1) is 30.6 Å². The highest BCUT2D eigenvalue weighted by Gasteiger charge is 2.22. The lowest BCUT2D eigenvalue weighted by atomic mass is 10.1. The van der Waals surface area contributed by atoms with Crippen LogP contribution in [0.2, 0.25) is 5.02 Å². The van der Waals surface area contributed by atoms with Gasteiger partial charge in [0.15, 0.2) is 17.3 Å². The van der Waals surface area contributed by atoms with Gasteiger partial charge in [-0.15, -0.1) is 0 Å². The maximum atomic E-state index is 15.4. The number of allylic oxidation sites excluding steroid dienone is 1. The molecule has 5 aromatic rings. The molecule has 0 unspecified atom stereocenters. The Balaban J connectivity index is 1.42. The first-order chi connectivity index (χ1) is 22.2. The molecular weight excluding hydrogens is 620 g/mol. The van der Waals surface area contributed by atoms with Crippen LogP contribution in [0.4, 0.5) is 14.5 Å². The molecule has 234 valence electrons. The number of aromatic amines is 1. The van der Waals surface area contributed by atoms with Gasteiger partial charge in [-0.3, -0.25) is 14.2 Å². The summed E-state index contributed by atoms with van der Waals surface area (Å²) in [6.45, 7) is 1.87. The van der Waals surface area contributed by atoms with E-state index in [4.69, 9.17) is 31.2 Å². The number of hydrogen-bond donors (Lipinski definition) is 3. The molecule has 0 saturated carbocycles. The topological polar surface area (TPSA) is 131 Å². The highest BCUT2D eigenvalue weighted by molar-refractivity contribution is 6.33. The van der Waals surface area contributed by atoms with Crippen molar-refractivity contribution in [3.8, 4) is 34.2 Å². The Kier molecular flexibility index (Phi) is 9.58. The summed E-state index contributed by atoms with van der Waals surface area (Å²) in [5.74, 6) is -1.92. The number of carbonyl (C=O) groups excluding carboxylic acids is 1. The van der Waals surface area contributed by atoms with Crippen molar-refractivity contribution in [1.29, 1.82) is 5.41 Å². The molecule has 2 aromatic carbocycles. The molecule has 1 amide bonds. The molecule has 3 heterocycles. The molecule has 10 nitrogen and oxygen atoms in total. The van der Waals surface area contributed by atoms with Crippen molar-refractivity contribution in [3.63, 3.8) is 0 Å². The van der Waals surface area contributed by atoms with Crippen LogP contribution in [0.5, 0.6) is 17.4 Å². The van der Waals surface area contributed by atoms with Crippen molar-refractivity contribution in [2.45, 2.75) is 6.92 Å². The summed E-state index contributed by atoms with van der Waals surface area (Å²) >= 11 is 6.40. The van der Waals surface area contributed by atoms with Crippen molar-refractivity contribution in [2.24, 2.45) is 0 Å². The summed E-state index contributed by atoms with van der Waals surface area (Å²) in [6, 6.07) is 13.7. The molecule has 0 fully saturated rings. The van der Waals surface area contributed by atoms with Gasteiger partial charge in [0.1, 0.15) is 17.1 Å². The molecule has 0 aliphatic carbocycles. The average Bonchev–Trinajstić information content (AvgIpc) is 3.53. The zero-order valence-corrected chi connectivity index (χ0v) is 25.2. The lowest BCUT2D eigenvalue weighted by Crippen LogP contribution is -2.29. The summed E-state index contributed by atoms with van der Waals surface area (Å²) in [5.41, 5.74) is 0.876. The summed E-state index contributed by atoms with van der Waals surface area (Å²) in [6.07, 6.45) is 6.79. The van der Waals surface area contributed by atoms with E-state index in [9.17, 15) is 14.0 Å². The Morgan fingerprint density at radius 3 is 2.57 bits per heavy atom. The van der Waals surface area contributed by atoms with Crippen LogP contribution in [0, 0.1) is 17.0 Å². The number of H-pyrrole nitrogens is 1. The molecule has 13 heteroatoms. The summed E-state index contributed by atoms with van der Waals surface area (Å²) in [4.78, 5) is 33.8. The maximum absolute atomic E-state index is 15.4. The Hall–Kier alpha value is -5.75. The Labute approximate surface area is 266 Å². The molecule has 0 aliphatic heterocycles. The number of nitrogens with zero attached hydrogens (tertiary/aromatic N) is 2. The fourth-order valence-corrected chi connectivity index (χ4v) is 4.77. The van der Waals surface area contributed by atoms with Crippen LogP contribution >= 0.6 is 11.6 Å². The monoisotopic (exact) mass is 645 g/mol. The SMILES string of the molecule is CCOc1ccn(-c2ccc(F)cc2)c(=O)c1C(=O)Nc1ccc(O/C(=C/C=N)c2[nH]ccc2-c2cc(OC)ncc2Cl)c(F)c1. The number of aromatic nitrogens is 3. The van der Waals surface area contributed by atoms with Gasteiger partial charge in [-0.1, -0.05) is 11.6 Å². The smallest absolute Gasteiger partial charge is 0.271 e. The lowest BCUT2D eigenvalue weighted by Gasteiger charge is -2.15. The molecule has 0 aliphatic rings. The van der Waals surface area contributed by atoms with Gasteiger partial charge in [-0.25, -0.2) is 13.8 Å². The number of benzene rings is 2. The van der Waals surface area contributed by atoms with Crippen LogP contribution in [0.15, 0.2) is 90.1 Å². The first-order valence-corrected chi connectivity index (χ1v) is 14.1. The largest absolute Gasteiger partial charge is 0.493 e. The Morgan fingerprint density at radius 2 is 1.87 bits per heavy atom. The molecule has 0 saturated heterocycles. The third-order valence-corrected chi connectivity index (χ3v) is 6.95. The third kappa shape index (κ3) is 6.66. The number of rotatable bonds is 11. The van der Waals surface area contributed by atoms with Gasteiger partial charge in [0.25, 0.3) is 11.5 Å².